The Morgan fingerprint density at radius 1 is 1.32 bits per heavy atom. The average Bonchev–Trinajstić information content (AvgIpc) is 2.62. The zero-order chi connectivity index (χ0) is 17.3. The standard InChI is InChI=1S/C19H24N4O2/c1-14-9-17(22-18(21-14)16-5-3-7-20-10-16)23-11-15(2)25-19(12-23)6-4-8-24-13-19/h3,5,7,9-10,15H,4,6,8,11-13H2,1-2H3/t15-,19+/m0/s1. The maximum atomic E-state index is 6.29. The summed E-state index contributed by atoms with van der Waals surface area (Å²) in [6, 6.07) is 5.95. The van der Waals surface area contributed by atoms with Crippen molar-refractivity contribution in [1.29, 1.82) is 0 Å². The molecular formula is C19H24N4O2. The van der Waals surface area contributed by atoms with Crippen molar-refractivity contribution in [3.63, 3.8) is 0 Å². The first-order valence-electron chi connectivity index (χ1n) is 8.90. The Balaban J connectivity index is 1.65. The van der Waals surface area contributed by atoms with Crippen LogP contribution < -0.4 is 4.90 Å². The van der Waals surface area contributed by atoms with E-state index in [1.54, 1.807) is 12.4 Å². The predicted octanol–water partition coefficient (Wildman–Crippen LogP) is 2.62. The number of ether oxygens (including phenoxy) is 2. The number of aryl methyl sites for hydroxylation is 1. The molecule has 2 aromatic rings. The Hall–Kier alpha value is -2.05. The van der Waals surface area contributed by atoms with Gasteiger partial charge < -0.3 is 14.4 Å². The Bertz CT molecular complexity index is 731. The third kappa shape index (κ3) is 3.50. The van der Waals surface area contributed by atoms with Gasteiger partial charge in [0.25, 0.3) is 0 Å². The lowest BCUT2D eigenvalue weighted by molar-refractivity contribution is -0.160. The van der Waals surface area contributed by atoms with Gasteiger partial charge in [0.05, 0.1) is 19.3 Å². The fraction of sp³-hybridized carbons (Fsp3) is 0.526. The Morgan fingerprint density at radius 3 is 3.00 bits per heavy atom. The molecule has 2 aromatic heterocycles. The van der Waals surface area contributed by atoms with Crippen LogP contribution in [-0.4, -0.2) is 53.0 Å². The minimum atomic E-state index is -0.219. The fourth-order valence-corrected chi connectivity index (χ4v) is 3.78. The summed E-state index contributed by atoms with van der Waals surface area (Å²) in [5.74, 6) is 1.67. The highest BCUT2D eigenvalue weighted by Gasteiger charge is 2.41. The number of rotatable bonds is 2. The highest BCUT2D eigenvalue weighted by molar-refractivity contribution is 5.57. The van der Waals surface area contributed by atoms with Crippen LogP contribution in [-0.2, 0) is 9.47 Å². The van der Waals surface area contributed by atoms with Crippen molar-refractivity contribution in [2.75, 3.05) is 31.2 Å². The monoisotopic (exact) mass is 340 g/mol. The van der Waals surface area contributed by atoms with Crippen LogP contribution in [0.1, 0.15) is 25.5 Å². The minimum Gasteiger partial charge on any atom is -0.378 e. The third-order valence-electron chi connectivity index (χ3n) is 4.78. The van der Waals surface area contributed by atoms with Crippen molar-refractivity contribution in [3.05, 3.63) is 36.3 Å². The van der Waals surface area contributed by atoms with Crippen LogP contribution in [0.2, 0.25) is 0 Å². The van der Waals surface area contributed by atoms with Crippen molar-refractivity contribution >= 4 is 5.82 Å². The molecule has 0 N–H and O–H groups in total. The predicted molar refractivity (Wildman–Crippen MR) is 95.5 cm³/mol. The van der Waals surface area contributed by atoms with Gasteiger partial charge >= 0.3 is 0 Å². The summed E-state index contributed by atoms with van der Waals surface area (Å²) < 4.78 is 12.0. The molecule has 4 heterocycles. The minimum absolute atomic E-state index is 0.146. The van der Waals surface area contributed by atoms with Crippen LogP contribution in [0.5, 0.6) is 0 Å². The zero-order valence-corrected chi connectivity index (χ0v) is 14.8. The molecule has 0 aliphatic carbocycles. The van der Waals surface area contributed by atoms with E-state index in [4.69, 9.17) is 14.5 Å². The fourth-order valence-electron chi connectivity index (χ4n) is 3.78. The third-order valence-corrected chi connectivity index (χ3v) is 4.78. The van der Waals surface area contributed by atoms with Crippen LogP contribution in [0.25, 0.3) is 11.4 Å². The molecule has 0 amide bonds. The van der Waals surface area contributed by atoms with E-state index >= 15 is 0 Å². The molecule has 0 saturated carbocycles. The van der Waals surface area contributed by atoms with E-state index < -0.39 is 0 Å². The topological polar surface area (TPSA) is 60.4 Å². The Kier molecular flexibility index (Phi) is 4.39. The lowest BCUT2D eigenvalue weighted by atomic mass is 9.93. The second kappa shape index (κ2) is 6.69. The Labute approximate surface area is 148 Å². The lowest BCUT2D eigenvalue weighted by Gasteiger charge is -2.47. The summed E-state index contributed by atoms with van der Waals surface area (Å²) in [7, 11) is 0. The maximum Gasteiger partial charge on any atom is 0.163 e. The summed E-state index contributed by atoms with van der Waals surface area (Å²) in [5.41, 5.74) is 1.67. The highest BCUT2D eigenvalue weighted by Crippen LogP contribution is 2.32. The van der Waals surface area contributed by atoms with E-state index in [0.717, 1.165) is 55.4 Å². The van der Waals surface area contributed by atoms with Crippen molar-refractivity contribution in [2.24, 2.45) is 0 Å². The zero-order valence-electron chi connectivity index (χ0n) is 14.8. The van der Waals surface area contributed by atoms with Crippen molar-refractivity contribution in [3.8, 4) is 11.4 Å². The van der Waals surface area contributed by atoms with E-state index in [9.17, 15) is 0 Å². The summed E-state index contributed by atoms with van der Waals surface area (Å²) in [5, 5.41) is 0. The maximum absolute atomic E-state index is 6.29. The molecule has 0 aromatic carbocycles. The molecule has 0 bridgehead atoms. The second-order valence-electron chi connectivity index (χ2n) is 7.08. The van der Waals surface area contributed by atoms with Gasteiger partial charge in [0.2, 0.25) is 0 Å². The molecule has 2 saturated heterocycles. The summed E-state index contributed by atoms with van der Waals surface area (Å²) >= 11 is 0. The summed E-state index contributed by atoms with van der Waals surface area (Å²) in [6.07, 6.45) is 5.79. The van der Waals surface area contributed by atoms with Gasteiger partial charge in [-0.25, -0.2) is 9.97 Å². The molecular weight excluding hydrogens is 316 g/mol. The summed E-state index contributed by atoms with van der Waals surface area (Å²) in [6.45, 7) is 7.25. The van der Waals surface area contributed by atoms with E-state index in [1.165, 1.54) is 0 Å². The van der Waals surface area contributed by atoms with E-state index in [1.807, 2.05) is 19.1 Å². The quantitative estimate of drug-likeness (QED) is 0.837. The lowest BCUT2D eigenvalue weighted by Crippen LogP contribution is -2.58. The molecule has 4 rings (SSSR count). The highest BCUT2D eigenvalue weighted by atomic mass is 16.6. The van der Waals surface area contributed by atoms with E-state index in [0.29, 0.717) is 6.61 Å². The summed E-state index contributed by atoms with van der Waals surface area (Å²) in [4.78, 5) is 15.9. The SMILES string of the molecule is Cc1cc(N2C[C@H](C)O[C@]3(CCCOC3)C2)nc(-c2cccnc2)n1. The number of hydrogen-bond donors (Lipinski definition) is 0. The number of hydrogen-bond acceptors (Lipinski definition) is 6. The molecule has 2 aliphatic rings. The van der Waals surface area contributed by atoms with Gasteiger partial charge in [-0.1, -0.05) is 0 Å². The number of anilines is 1. The van der Waals surface area contributed by atoms with Crippen molar-refractivity contribution in [2.45, 2.75) is 38.4 Å². The van der Waals surface area contributed by atoms with Gasteiger partial charge in [0, 0.05) is 42.9 Å². The number of aromatic nitrogens is 3. The molecule has 1 spiro atoms. The van der Waals surface area contributed by atoms with Gasteiger partial charge in [0.15, 0.2) is 5.82 Å². The van der Waals surface area contributed by atoms with Crippen molar-refractivity contribution in [1.82, 2.24) is 15.0 Å². The first-order chi connectivity index (χ1) is 12.1. The van der Waals surface area contributed by atoms with Crippen LogP contribution in [0.4, 0.5) is 5.82 Å². The normalized spacial score (nSPS) is 26.8. The molecule has 132 valence electrons. The van der Waals surface area contributed by atoms with Crippen LogP contribution in [0.3, 0.4) is 0 Å². The van der Waals surface area contributed by atoms with Gasteiger partial charge in [-0.3, -0.25) is 4.98 Å². The molecule has 0 radical (unpaired) electrons. The smallest absolute Gasteiger partial charge is 0.163 e. The van der Waals surface area contributed by atoms with E-state index in [-0.39, 0.29) is 11.7 Å². The Morgan fingerprint density at radius 2 is 2.24 bits per heavy atom. The molecule has 25 heavy (non-hydrogen) atoms. The molecule has 2 fully saturated rings. The average molecular weight is 340 g/mol. The molecule has 6 heteroatoms. The molecule has 2 aliphatic heterocycles. The van der Waals surface area contributed by atoms with Gasteiger partial charge in [-0.15, -0.1) is 0 Å². The number of nitrogens with zero attached hydrogens (tertiary/aromatic N) is 4. The van der Waals surface area contributed by atoms with Gasteiger partial charge in [-0.2, -0.15) is 0 Å². The van der Waals surface area contributed by atoms with Crippen LogP contribution in [0.15, 0.2) is 30.6 Å². The van der Waals surface area contributed by atoms with Gasteiger partial charge in [0.1, 0.15) is 11.4 Å². The number of pyridine rings is 1. The van der Waals surface area contributed by atoms with Crippen LogP contribution >= 0.6 is 0 Å². The first kappa shape index (κ1) is 16.4. The largest absolute Gasteiger partial charge is 0.378 e. The van der Waals surface area contributed by atoms with Gasteiger partial charge in [-0.05, 0) is 38.8 Å². The van der Waals surface area contributed by atoms with Crippen LogP contribution in [0, 0.1) is 6.92 Å². The second-order valence-corrected chi connectivity index (χ2v) is 7.08. The number of morpholine rings is 1. The van der Waals surface area contributed by atoms with Crippen molar-refractivity contribution < 1.29 is 9.47 Å². The molecule has 0 unspecified atom stereocenters. The van der Waals surface area contributed by atoms with E-state index in [2.05, 4.69) is 27.9 Å². The first-order valence-corrected chi connectivity index (χ1v) is 8.90. The molecule has 2 atom stereocenters. The molecule has 6 nitrogen and oxygen atoms in total.